The van der Waals surface area contributed by atoms with Crippen LogP contribution in [0.1, 0.15) is 26.9 Å². The van der Waals surface area contributed by atoms with E-state index in [4.69, 9.17) is 16.3 Å². The Morgan fingerprint density at radius 2 is 1.72 bits per heavy atom. The third-order valence-corrected chi connectivity index (χ3v) is 7.60. The molecule has 0 spiro atoms. The Balaban J connectivity index is 1.16. The van der Waals surface area contributed by atoms with Gasteiger partial charge in [0.15, 0.2) is 0 Å². The summed E-state index contributed by atoms with van der Waals surface area (Å²) in [5.74, 6) is 1.19. The predicted molar refractivity (Wildman–Crippen MR) is 145 cm³/mol. The first-order valence-corrected chi connectivity index (χ1v) is 13.2. The van der Waals surface area contributed by atoms with Crippen LogP contribution in [0.4, 0.5) is 0 Å². The van der Waals surface area contributed by atoms with Gasteiger partial charge in [-0.15, -0.1) is 11.8 Å². The van der Waals surface area contributed by atoms with Crippen LogP contribution in [0.3, 0.4) is 0 Å². The molecule has 0 bridgehead atoms. The molecule has 0 radical (unpaired) electrons. The molecule has 1 saturated heterocycles. The van der Waals surface area contributed by atoms with E-state index >= 15 is 0 Å². The first-order chi connectivity index (χ1) is 17.6. The minimum Gasteiger partial charge on any atom is -0.491 e. The van der Waals surface area contributed by atoms with Crippen LogP contribution in [0.25, 0.3) is 10.8 Å². The molecular weight excluding hydrogens is 492 g/mol. The summed E-state index contributed by atoms with van der Waals surface area (Å²) >= 11 is 7.58. The number of hydrogen-bond acceptors (Lipinski definition) is 4. The third kappa shape index (κ3) is 5.50. The molecule has 5 rings (SSSR count). The molecule has 4 aromatic rings. The maximum atomic E-state index is 12.6. The minimum absolute atomic E-state index is 0.0839. The van der Waals surface area contributed by atoms with Crippen molar-refractivity contribution in [1.82, 2.24) is 10.2 Å². The zero-order chi connectivity index (χ0) is 24.9. The Hall–Kier alpha value is -3.48. The quantitative estimate of drug-likeness (QED) is 0.288. The van der Waals surface area contributed by atoms with Gasteiger partial charge in [-0.3, -0.25) is 9.59 Å². The van der Waals surface area contributed by atoms with Crippen LogP contribution in [0.5, 0.6) is 5.75 Å². The second kappa shape index (κ2) is 11.1. The number of fused-ring (bicyclic) bond motifs is 1. The predicted octanol–water partition coefficient (Wildman–Crippen LogP) is 6.08. The van der Waals surface area contributed by atoms with E-state index in [0.29, 0.717) is 36.0 Å². The number of carbonyl (C=O) groups is 2. The summed E-state index contributed by atoms with van der Waals surface area (Å²) in [7, 11) is 0. The molecule has 0 aromatic heterocycles. The molecule has 1 atom stereocenters. The van der Waals surface area contributed by atoms with Crippen molar-refractivity contribution in [2.24, 2.45) is 0 Å². The number of hydrogen-bond donors (Lipinski definition) is 1. The number of amides is 2. The molecule has 1 fully saturated rings. The Kier molecular flexibility index (Phi) is 7.44. The summed E-state index contributed by atoms with van der Waals surface area (Å²) < 4.78 is 5.91. The summed E-state index contributed by atoms with van der Waals surface area (Å²) in [4.78, 5) is 27.0. The number of nitrogens with zero attached hydrogens (tertiary/aromatic N) is 1. The zero-order valence-electron chi connectivity index (χ0n) is 19.5. The maximum absolute atomic E-state index is 12.6. The summed E-state index contributed by atoms with van der Waals surface area (Å²) in [6.45, 7) is 1.29. The highest BCUT2D eigenvalue weighted by molar-refractivity contribution is 8.00. The fraction of sp³-hybridized carbons (Fsp3) is 0.172. The van der Waals surface area contributed by atoms with E-state index in [1.807, 2.05) is 83.8 Å². The van der Waals surface area contributed by atoms with Crippen molar-refractivity contribution in [2.45, 2.75) is 11.9 Å². The summed E-state index contributed by atoms with van der Waals surface area (Å²) in [5, 5.41) is 5.67. The van der Waals surface area contributed by atoms with E-state index in [1.165, 1.54) is 0 Å². The van der Waals surface area contributed by atoms with Crippen molar-refractivity contribution in [2.75, 3.05) is 18.9 Å². The standard InChI is InChI=1S/C29H25ClN2O3S/c30-24-14-8-20(9-15-24)18-32-27(33)19-36-29(32)23-12-10-22(11-13-23)28(34)31-16-17-35-26-7-3-5-21-4-1-2-6-25(21)26/h1-15,29H,16-19H2,(H,31,34)/t29-/m0/s1. The maximum Gasteiger partial charge on any atom is 0.251 e. The van der Waals surface area contributed by atoms with Crippen molar-refractivity contribution in [3.63, 3.8) is 0 Å². The van der Waals surface area contributed by atoms with Gasteiger partial charge in [0.2, 0.25) is 5.91 Å². The summed E-state index contributed by atoms with van der Waals surface area (Å²) in [6, 6.07) is 29.0. The van der Waals surface area contributed by atoms with Crippen LogP contribution in [-0.2, 0) is 11.3 Å². The molecule has 7 heteroatoms. The lowest BCUT2D eigenvalue weighted by atomic mass is 10.1. The Bertz CT molecular complexity index is 1370. The largest absolute Gasteiger partial charge is 0.491 e. The van der Waals surface area contributed by atoms with Gasteiger partial charge in [-0.2, -0.15) is 0 Å². The van der Waals surface area contributed by atoms with Gasteiger partial charge in [-0.05, 0) is 46.8 Å². The third-order valence-electron chi connectivity index (χ3n) is 6.09. The van der Waals surface area contributed by atoms with Crippen molar-refractivity contribution < 1.29 is 14.3 Å². The van der Waals surface area contributed by atoms with Gasteiger partial charge in [-0.25, -0.2) is 0 Å². The second-order valence-electron chi connectivity index (χ2n) is 8.52. The van der Waals surface area contributed by atoms with Gasteiger partial charge in [-0.1, -0.05) is 72.3 Å². The minimum atomic E-state index is -0.156. The normalized spacial score (nSPS) is 15.3. The molecule has 4 aromatic carbocycles. The van der Waals surface area contributed by atoms with Gasteiger partial charge in [0, 0.05) is 22.5 Å². The Labute approximate surface area is 219 Å². The van der Waals surface area contributed by atoms with Crippen LogP contribution in [0.2, 0.25) is 5.02 Å². The smallest absolute Gasteiger partial charge is 0.251 e. The van der Waals surface area contributed by atoms with Gasteiger partial charge in [0.25, 0.3) is 5.91 Å². The number of carbonyl (C=O) groups excluding carboxylic acids is 2. The van der Waals surface area contributed by atoms with Gasteiger partial charge < -0.3 is 15.0 Å². The fourth-order valence-corrected chi connectivity index (χ4v) is 5.55. The number of benzene rings is 4. The SMILES string of the molecule is O=C(NCCOc1cccc2ccccc12)c1ccc([C@@H]2SCC(=O)N2Cc2ccc(Cl)cc2)cc1. The summed E-state index contributed by atoms with van der Waals surface area (Å²) in [6.07, 6.45) is 0. The number of ether oxygens (including phenoxy) is 1. The molecule has 2 amide bonds. The molecule has 0 saturated carbocycles. The highest BCUT2D eigenvalue weighted by Gasteiger charge is 2.32. The molecule has 1 aliphatic heterocycles. The average molecular weight is 517 g/mol. The lowest BCUT2D eigenvalue weighted by molar-refractivity contribution is -0.128. The number of rotatable bonds is 8. The van der Waals surface area contributed by atoms with Crippen molar-refractivity contribution in [3.05, 3.63) is 113 Å². The molecule has 36 heavy (non-hydrogen) atoms. The van der Waals surface area contributed by atoms with E-state index in [1.54, 1.807) is 23.9 Å². The molecule has 1 aliphatic rings. The zero-order valence-corrected chi connectivity index (χ0v) is 21.1. The van der Waals surface area contributed by atoms with Crippen molar-refractivity contribution >= 4 is 45.9 Å². The van der Waals surface area contributed by atoms with Crippen LogP contribution in [-0.4, -0.2) is 35.6 Å². The van der Waals surface area contributed by atoms with Gasteiger partial charge in [0.05, 0.1) is 12.3 Å². The van der Waals surface area contributed by atoms with E-state index in [0.717, 1.165) is 27.6 Å². The van der Waals surface area contributed by atoms with E-state index in [2.05, 4.69) is 5.32 Å². The molecule has 5 nitrogen and oxygen atoms in total. The topological polar surface area (TPSA) is 58.6 Å². The molecular formula is C29H25ClN2O3S. The van der Waals surface area contributed by atoms with E-state index in [9.17, 15) is 9.59 Å². The first-order valence-electron chi connectivity index (χ1n) is 11.7. The number of halogens is 1. The first kappa shape index (κ1) is 24.2. The van der Waals surface area contributed by atoms with E-state index in [-0.39, 0.29) is 17.2 Å². The average Bonchev–Trinajstić information content (AvgIpc) is 3.27. The molecule has 1 N–H and O–H groups in total. The van der Waals surface area contributed by atoms with Gasteiger partial charge >= 0.3 is 0 Å². The van der Waals surface area contributed by atoms with Crippen LogP contribution in [0, 0.1) is 0 Å². The molecule has 0 aliphatic carbocycles. The molecule has 182 valence electrons. The lowest BCUT2D eigenvalue weighted by Gasteiger charge is -2.24. The van der Waals surface area contributed by atoms with Crippen LogP contribution in [0.15, 0.2) is 91.0 Å². The number of thioether (sulfide) groups is 1. The van der Waals surface area contributed by atoms with Crippen molar-refractivity contribution in [1.29, 1.82) is 0 Å². The molecule has 0 unspecified atom stereocenters. The fourth-order valence-electron chi connectivity index (χ4n) is 4.24. The number of nitrogens with one attached hydrogen (secondary N) is 1. The van der Waals surface area contributed by atoms with E-state index < -0.39 is 0 Å². The van der Waals surface area contributed by atoms with Crippen LogP contribution < -0.4 is 10.1 Å². The second-order valence-corrected chi connectivity index (χ2v) is 10.0. The highest BCUT2D eigenvalue weighted by Crippen LogP contribution is 2.39. The Morgan fingerprint density at radius 1 is 0.972 bits per heavy atom. The Morgan fingerprint density at radius 3 is 2.53 bits per heavy atom. The highest BCUT2D eigenvalue weighted by atomic mass is 35.5. The monoisotopic (exact) mass is 516 g/mol. The lowest BCUT2D eigenvalue weighted by Crippen LogP contribution is -2.28. The van der Waals surface area contributed by atoms with Gasteiger partial charge in [0.1, 0.15) is 17.7 Å². The van der Waals surface area contributed by atoms with Crippen LogP contribution >= 0.6 is 23.4 Å². The van der Waals surface area contributed by atoms with Crippen molar-refractivity contribution in [3.8, 4) is 5.75 Å². The summed E-state index contributed by atoms with van der Waals surface area (Å²) in [5.41, 5.74) is 2.60. The molecule has 1 heterocycles.